The number of nitrogens with one attached hydrogen (secondary N) is 1. The summed E-state index contributed by atoms with van der Waals surface area (Å²) in [6.07, 6.45) is 5.74. The Labute approximate surface area is 159 Å². The number of aryl methyl sites for hydroxylation is 1. The summed E-state index contributed by atoms with van der Waals surface area (Å²) in [6, 6.07) is 25.0. The zero-order valence-corrected chi connectivity index (χ0v) is 15.3. The predicted octanol–water partition coefficient (Wildman–Crippen LogP) is 7.35. The summed E-state index contributed by atoms with van der Waals surface area (Å²) in [5.41, 5.74) is 6.36. The van der Waals surface area contributed by atoms with Gasteiger partial charge in [-0.25, -0.2) is 0 Å². The highest BCUT2D eigenvalue weighted by Gasteiger charge is 2.12. The van der Waals surface area contributed by atoms with Gasteiger partial charge in [0.2, 0.25) is 0 Å². The molecule has 0 spiro atoms. The molecular weight excluding hydrogens is 330 g/mol. The van der Waals surface area contributed by atoms with Crippen molar-refractivity contribution in [1.82, 2.24) is 0 Å². The molecule has 0 aliphatic heterocycles. The van der Waals surface area contributed by atoms with Crippen molar-refractivity contribution in [2.75, 3.05) is 5.32 Å². The van der Waals surface area contributed by atoms with Crippen LogP contribution in [0.15, 0.2) is 95.9 Å². The van der Waals surface area contributed by atoms with Crippen LogP contribution in [0.3, 0.4) is 0 Å². The van der Waals surface area contributed by atoms with E-state index in [0.29, 0.717) is 0 Å². The van der Waals surface area contributed by atoms with Crippen molar-refractivity contribution in [3.8, 4) is 11.1 Å². The molecule has 1 heterocycles. The monoisotopic (exact) mass is 351 g/mol. The molecule has 132 valence electrons. The zero-order valence-electron chi connectivity index (χ0n) is 15.3. The van der Waals surface area contributed by atoms with E-state index < -0.39 is 0 Å². The van der Waals surface area contributed by atoms with E-state index in [0.717, 1.165) is 33.7 Å². The van der Waals surface area contributed by atoms with Crippen molar-refractivity contribution in [1.29, 1.82) is 0 Å². The number of fused-ring (bicyclic) bond motifs is 1. The topological polar surface area (TPSA) is 25.2 Å². The molecule has 1 N–H and O–H groups in total. The van der Waals surface area contributed by atoms with E-state index in [4.69, 9.17) is 4.42 Å². The minimum atomic E-state index is 0.867. The smallest absolute Gasteiger partial charge is 0.158 e. The molecule has 3 aromatic carbocycles. The van der Waals surface area contributed by atoms with Crippen molar-refractivity contribution >= 4 is 28.4 Å². The second kappa shape index (κ2) is 7.38. The number of allylic oxidation sites excluding steroid dienone is 2. The number of benzene rings is 3. The van der Waals surface area contributed by atoms with Crippen molar-refractivity contribution in [2.24, 2.45) is 0 Å². The largest absolute Gasteiger partial charge is 0.459 e. The average Bonchev–Trinajstić information content (AvgIpc) is 3.04. The fourth-order valence-electron chi connectivity index (χ4n) is 3.26. The van der Waals surface area contributed by atoms with E-state index in [-0.39, 0.29) is 0 Å². The van der Waals surface area contributed by atoms with Gasteiger partial charge in [-0.3, -0.25) is 0 Å². The fourth-order valence-corrected chi connectivity index (χ4v) is 3.26. The van der Waals surface area contributed by atoms with Gasteiger partial charge in [-0.1, -0.05) is 79.4 Å². The molecule has 0 aliphatic carbocycles. The molecule has 0 fully saturated rings. The summed E-state index contributed by atoms with van der Waals surface area (Å²) in [5.74, 6) is 0.900. The third-order valence-corrected chi connectivity index (χ3v) is 4.61. The number of hydrogen-bond donors (Lipinski definition) is 1. The molecule has 1 aromatic heterocycles. The Bertz CT molecular complexity index is 1100. The number of hydrogen-bond acceptors (Lipinski definition) is 2. The van der Waals surface area contributed by atoms with E-state index in [1.165, 1.54) is 11.1 Å². The lowest BCUT2D eigenvalue weighted by molar-refractivity contribution is 0.578. The molecular formula is C25H21NO. The Morgan fingerprint density at radius 3 is 2.33 bits per heavy atom. The van der Waals surface area contributed by atoms with Crippen molar-refractivity contribution in [2.45, 2.75) is 6.92 Å². The summed E-state index contributed by atoms with van der Waals surface area (Å²) >= 11 is 0. The summed E-state index contributed by atoms with van der Waals surface area (Å²) in [7, 11) is 0. The van der Waals surface area contributed by atoms with Crippen LogP contribution in [0, 0.1) is 6.92 Å². The maximum atomic E-state index is 6.04. The maximum absolute atomic E-state index is 6.04. The Kier molecular flexibility index (Phi) is 4.63. The molecule has 2 heteroatoms. The summed E-state index contributed by atoms with van der Waals surface area (Å²) in [4.78, 5) is 0. The molecule has 4 aromatic rings. The van der Waals surface area contributed by atoms with Crippen LogP contribution in [-0.2, 0) is 0 Å². The third-order valence-electron chi connectivity index (χ3n) is 4.61. The molecule has 0 bridgehead atoms. The van der Waals surface area contributed by atoms with Crippen LogP contribution in [-0.4, -0.2) is 0 Å². The minimum absolute atomic E-state index is 0.867. The first kappa shape index (κ1) is 16.9. The highest BCUT2D eigenvalue weighted by atomic mass is 16.3. The van der Waals surface area contributed by atoms with E-state index in [1.54, 1.807) is 6.08 Å². The van der Waals surface area contributed by atoms with Crippen molar-refractivity contribution < 1.29 is 4.42 Å². The van der Waals surface area contributed by atoms with Gasteiger partial charge in [0.15, 0.2) is 5.58 Å². The molecule has 2 nitrogen and oxygen atoms in total. The van der Waals surface area contributed by atoms with Crippen LogP contribution in [0.2, 0.25) is 0 Å². The number of para-hydroxylation sites is 1. The van der Waals surface area contributed by atoms with E-state index >= 15 is 0 Å². The van der Waals surface area contributed by atoms with E-state index in [1.807, 2.05) is 37.3 Å². The molecule has 0 saturated heterocycles. The number of rotatable bonds is 5. The van der Waals surface area contributed by atoms with Crippen LogP contribution >= 0.6 is 0 Å². The Hall–Kier alpha value is -3.52. The first-order valence-electron chi connectivity index (χ1n) is 9.00. The van der Waals surface area contributed by atoms with Gasteiger partial charge in [0.05, 0.1) is 5.69 Å². The van der Waals surface area contributed by atoms with Crippen LogP contribution < -0.4 is 5.32 Å². The van der Waals surface area contributed by atoms with E-state index in [9.17, 15) is 0 Å². The van der Waals surface area contributed by atoms with Gasteiger partial charge in [-0.05, 0) is 36.2 Å². The Morgan fingerprint density at radius 2 is 1.59 bits per heavy atom. The van der Waals surface area contributed by atoms with Gasteiger partial charge in [0, 0.05) is 16.6 Å². The Balaban J connectivity index is 1.66. The lowest BCUT2D eigenvalue weighted by atomic mass is 10.1. The van der Waals surface area contributed by atoms with Gasteiger partial charge in [0.1, 0.15) is 5.76 Å². The molecule has 4 rings (SSSR count). The number of anilines is 2. The van der Waals surface area contributed by atoms with Gasteiger partial charge in [-0.2, -0.15) is 0 Å². The SMILES string of the molecule is C=C/C=C\c1c(C)oc2c(Nc3ccc(-c4ccccc4)cc3)cccc12. The zero-order chi connectivity index (χ0) is 18.6. The first-order chi connectivity index (χ1) is 13.3. The van der Waals surface area contributed by atoms with Crippen LogP contribution in [0.4, 0.5) is 11.4 Å². The maximum Gasteiger partial charge on any atom is 0.158 e. The molecule has 0 atom stereocenters. The van der Waals surface area contributed by atoms with Crippen molar-refractivity contribution in [3.05, 3.63) is 103 Å². The third kappa shape index (κ3) is 3.42. The molecule has 0 saturated carbocycles. The van der Waals surface area contributed by atoms with Crippen LogP contribution in [0.5, 0.6) is 0 Å². The quantitative estimate of drug-likeness (QED) is 0.380. The molecule has 27 heavy (non-hydrogen) atoms. The van der Waals surface area contributed by atoms with Gasteiger partial charge in [-0.15, -0.1) is 0 Å². The minimum Gasteiger partial charge on any atom is -0.459 e. The van der Waals surface area contributed by atoms with Crippen LogP contribution in [0.1, 0.15) is 11.3 Å². The molecule has 0 aliphatic rings. The van der Waals surface area contributed by atoms with Gasteiger partial charge in [0.25, 0.3) is 0 Å². The number of furan rings is 1. The summed E-state index contributed by atoms with van der Waals surface area (Å²) in [5, 5.41) is 4.58. The summed E-state index contributed by atoms with van der Waals surface area (Å²) < 4.78 is 6.04. The predicted molar refractivity (Wildman–Crippen MR) is 115 cm³/mol. The van der Waals surface area contributed by atoms with E-state index in [2.05, 4.69) is 66.5 Å². The van der Waals surface area contributed by atoms with Crippen LogP contribution in [0.25, 0.3) is 28.2 Å². The second-order valence-corrected chi connectivity index (χ2v) is 6.42. The summed E-state index contributed by atoms with van der Waals surface area (Å²) in [6.45, 7) is 5.73. The fraction of sp³-hybridized carbons (Fsp3) is 0.0400. The first-order valence-corrected chi connectivity index (χ1v) is 9.00. The van der Waals surface area contributed by atoms with Gasteiger partial charge < -0.3 is 9.73 Å². The molecule has 0 amide bonds. The highest BCUT2D eigenvalue weighted by molar-refractivity contribution is 5.97. The Morgan fingerprint density at radius 1 is 0.852 bits per heavy atom. The standard InChI is InChI=1S/C25H21NO/c1-3-4-11-22-18(2)27-25-23(22)12-8-13-24(25)26-21-16-14-20(15-17-21)19-9-6-5-7-10-19/h3-17,26H,1H2,2H3/b11-4-. The second-order valence-electron chi connectivity index (χ2n) is 6.42. The lowest BCUT2D eigenvalue weighted by Crippen LogP contribution is -1.90. The van der Waals surface area contributed by atoms with Gasteiger partial charge >= 0.3 is 0 Å². The van der Waals surface area contributed by atoms with Crippen molar-refractivity contribution in [3.63, 3.8) is 0 Å². The molecule has 0 unspecified atom stereocenters. The highest BCUT2D eigenvalue weighted by Crippen LogP contribution is 2.34. The lowest BCUT2D eigenvalue weighted by Gasteiger charge is -2.08. The average molecular weight is 351 g/mol. The normalized spacial score (nSPS) is 11.1. The molecule has 0 radical (unpaired) electrons.